The molecule has 180 valence electrons. The monoisotopic (exact) mass is 475 g/mol. The normalized spacial score (nSPS) is 14.2. The van der Waals surface area contributed by atoms with Gasteiger partial charge >= 0.3 is 0 Å². The Hall–Kier alpha value is -2.79. The number of hydrogen-bond acceptors (Lipinski definition) is 4. The first-order valence-corrected chi connectivity index (χ1v) is 13.4. The van der Waals surface area contributed by atoms with Gasteiger partial charge in [-0.15, -0.1) is 0 Å². The molecule has 5 heteroatoms. The van der Waals surface area contributed by atoms with Crippen LogP contribution in [0.2, 0.25) is 0 Å². The Balaban J connectivity index is 1.70. The SMILES string of the molecule is C=C(NCc1c(C)cc(C)[nH]c1=O)c1cc(-c2ccsc2)cc(N(CC)C2CCCCC2)c1C. The van der Waals surface area contributed by atoms with Crippen LogP contribution in [0.1, 0.15) is 67.0 Å². The van der Waals surface area contributed by atoms with Crippen LogP contribution in [0.25, 0.3) is 16.8 Å². The Bertz CT molecular complexity index is 1200. The average Bonchev–Trinajstić information content (AvgIpc) is 3.35. The summed E-state index contributed by atoms with van der Waals surface area (Å²) in [5, 5.41) is 7.80. The molecule has 1 aliphatic carbocycles. The molecule has 0 radical (unpaired) electrons. The molecule has 1 aromatic carbocycles. The molecule has 2 aromatic heterocycles. The fourth-order valence-electron chi connectivity index (χ4n) is 5.32. The molecule has 2 N–H and O–H groups in total. The third kappa shape index (κ3) is 5.15. The fourth-order valence-corrected chi connectivity index (χ4v) is 5.98. The van der Waals surface area contributed by atoms with Crippen LogP contribution < -0.4 is 15.8 Å². The Morgan fingerprint density at radius 2 is 1.91 bits per heavy atom. The third-order valence-corrected chi connectivity index (χ3v) is 7.88. The molecule has 0 amide bonds. The van der Waals surface area contributed by atoms with E-state index in [9.17, 15) is 4.79 Å². The van der Waals surface area contributed by atoms with Crippen LogP contribution in [0.5, 0.6) is 0 Å². The first-order valence-electron chi connectivity index (χ1n) is 12.5. The summed E-state index contributed by atoms with van der Waals surface area (Å²) < 4.78 is 0. The van der Waals surface area contributed by atoms with Crippen LogP contribution in [0, 0.1) is 20.8 Å². The highest BCUT2D eigenvalue weighted by Crippen LogP contribution is 2.37. The van der Waals surface area contributed by atoms with Crippen molar-refractivity contribution in [1.29, 1.82) is 0 Å². The predicted octanol–water partition coefficient (Wildman–Crippen LogP) is 6.95. The molecule has 1 saturated carbocycles. The fraction of sp³-hybridized carbons (Fsp3) is 0.414. The first-order chi connectivity index (χ1) is 16.4. The lowest BCUT2D eigenvalue weighted by Gasteiger charge is -2.37. The lowest BCUT2D eigenvalue weighted by Crippen LogP contribution is -2.37. The zero-order valence-electron chi connectivity index (χ0n) is 21.0. The van der Waals surface area contributed by atoms with Gasteiger partial charge in [0, 0.05) is 47.3 Å². The maximum Gasteiger partial charge on any atom is 0.253 e. The number of nitrogens with one attached hydrogen (secondary N) is 2. The highest BCUT2D eigenvalue weighted by atomic mass is 32.1. The van der Waals surface area contributed by atoms with Gasteiger partial charge in [-0.1, -0.05) is 25.8 Å². The van der Waals surface area contributed by atoms with Crippen molar-refractivity contribution in [2.24, 2.45) is 0 Å². The van der Waals surface area contributed by atoms with Gasteiger partial charge < -0.3 is 15.2 Å². The quantitative estimate of drug-likeness (QED) is 0.371. The first kappa shape index (κ1) is 24.3. The summed E-state index contributed by atoms with van der Waals surface area (Å²) in [6.45, 7) is 14.2. The second-order valence-electron chi connectivity index (χ2n) is 9.53. The van der Waals surface area contributed by atoms with Crippen molar-refractivity contribution in [3.05, 3.63) is 79.9 Å². The minimum atomic E-state index is -0.0308. The molecule has 0 spiro atoms. The molecule has 4 rings (SSSR count). The van der Waals surface area contributed by atoms with Crippen molar-refractivity contribution in [3.63, 3.8) is 0 Å². The summed E-state index contributed by atoms with van der Waals surface area (Å²) >= 11 is 1.72. The smallest absolute Gasteiger partial charge is 0.253 e. The third-order valence-electron chi connectivity index (χ3n) is 7.20. The van der Waals surface area contributed by atoms with Gasteiger partial charge in [-0.3, -0.25) is 4.79 Å². The van der Waals surface area contributed by atoms with Gasteiger partial charge in [0.2, 0.25) is 0 Å². The highest BCUT2D eigenvalue weighted by molar-refractivity contribution is 7.08. The van der Waals surface area contributed by atoms with Gasteiger partial charge in [-0.2, -0.15) is 11.3 Å². The molecule has 0 atom stereocenters. The van der Waals surface area contributed by atoms with Crippen molar-refractivity contribution in [3.8, 4) is 11.1 Å². The standard InChI is InChI=1S/C29H37N3OS/c1-6-32(25-10-8-7-9-11-25)28-16-24(23-12-13-34-18-23)15-26(21(28)4)22(5)30-17-27-19(2)14-20(3)31-29(27)33/h12-16,18,25,30H,5-11,17H2,1-4H3,(H,31,33). The molecule has 4 nitrogen and oxygen atoms in total. The number of pyridine rings is 1. The van der Waals surface area contributed by atoms with Crippen molar-refractivity contribution >= 4 is 22.7 Å². The molecule has 2 heterocycles. The number of H-pyrrole nitrogens is 1. The molecule has 1 fully saturated rings. The number of benzene rings is 1. The number of nitrogens with zero attached hydrogens (tertiary/aromatic N) is 1. The summed E-state index contributed by atoms with van der Waals surface area (Å²) in [6.07, 6.45) is 6.51. The molecular weight excluding hydrogens is 438 g/mol. The summed E-state index contributed by atoms with van der Waals surface area (Å²) in [5.41, 5.74) is 9.61. The zero-order valence-corrected chi connectivity index (χ0v) is 21.8. The summed E-state index contributed by atoms with van der Waals surface area (Å²) in [4.78, 5) is 18.0. The second kappa shape index (κ2) is 10.6. The van der Waals surface area contributed by atoms with E-state index in [0.717, 1.165) is 34.6 Å². The van der Waals surface area contributed by atoms with E-state index < -0.39 is 0 Å². The van der Waals surface area contributed by atoms with Crippen molar-refractivity contribution in [2.45, 2.75) is 72.4 Å². The lowest BCUT2D eigenvalue weighted by molar-refractivity contribution is 0.418. The number of anilines is 1. The van der Waals surface area contributed by atoms with Crippen LogP contribution in [0.4, 0.5) is 5.69 Å². The number of aromatic amines is 1. The maximum absolute atomic E-state index is 12.5. The highest BCUT2D eigenvalue weighted by Gasteiger charge is 2.23. The minimum absolute atomic E-state index is 0.0308. The van der Waals surface area contributed by atoms with Gasteiger partial charge in [0.15, 0.2) is 0 Å². The van der Waals surface area contributed by atoms with E-state index in [2.05, 4.69) is 64.6 Å². The molecule has 0 saturated heterocycles. The van der Waals surface area contributed by atoms with Gasteiger partial charge in [0.25, 0.3) is 5.56 Å². The predicted molar refractivity (Wildman–Crippen MR) is 147 cm³/mol. The van der Waals surface area contributed by atoms with Crippen LogP contribution in [0.15, 0.2) is 46.4 Å². The van der Waals surface area contributed by atoms with E-state index in [0.29, 0.717) is 12.6 Å². The summed E-state index contributed by atoms with van der Waals surface area (Å²) in [7, 11) is 0. The molecule has 0 aliphatic heterocycles. The van der Waals surface area contributed by atoms with Crippen molar-refractivity contribution in [1.82, 2.24) is 10.3 Å². The lowest BCUT2D eigenvalue weighted by atomic mass is 9.91. The molecule has 0 unspecified atom stereocenters. The van der Waals surface area contributed by atoms with E-state index in [-0.39, 0.29) is 5.56 Å². The Morgan fingerprint density at radius 3 is 2.56 bits per heavy atom. The Labute approximate surface area is 207 Å². The average molecular weight is 476 g/mol. The largest absolute Gasteiger partial charge is 0.381 e. The van der Waals surface area contributed by atoms with E-state index in [1.807, 2.05) is 19.9 Å². The van der Waals surface area contributed by atoms with Gasteiger partial charge in [-0.25, -0.2) is 0 Å². The number of aromatic nitrogens is 1. The maximum atomic E-state index is 12.5. The van der Waals surface area contributed by atoms with Gasteiger partial charge in [-0.05, 0) is 97.8 Å². The van der Waals surface area contributed by atoms with E-state index in [1.165, 1.54) is 54.5 Å². The topological polar surface area (TPSA) is 48.1 Å². The summed E-state index contributed by atoms with van der Waals surface area (Å²) in [6, 6.07) is 9.41. The van der Waals surface area contributed by atoms with Crippen LogP contribution in [-0.2, 0) is 6.54 Å². The second-order valence-corrected chi connectivity index (χ2v) is 10.3. The Morgan fingerprint density at radius 1 is 1.15 bits per heavy atom. The van der Waals surface area contributed by atoms with E-state index >= 15 is 0 Å². The molecule has 1 aliphatic rings. The summed E-state index contributed by atoms with van der Waals surface area (Å²) in [5.74, 6) is 0. The minimum Gasteiger partial charge on any atom is -0.381 e. The Kier molecular flexibility index (Phi) is 7.62. The number of hydrogen-bond donors (Lipinski definition) is 2. The molecule has 3 aromatic rings. The molecule has 34 heavy (non-hydrogen) atoms. The van der Waals surface area contributed by atoms with Crippen molar-refractivity contribution < 1.29 is 0 Å². The zero-order chi connectivity index (χ0) is 24.2. The van der Waals surface area contributed by atoms with Crippen molar-refractivity contribution in [2.75, 3.05) is 11.4 Å². The van der Waals surface area contributed by atoms with Crippen LogP contribution in [0.3, 0.4) is 0 Å². The molecule has 0 bridgehead atoms. The van der Waals surface area contributed by atoms with E-state index in [4.69, 9.17) is 0 Å². The number of rotatable bonds is 8. The molecular formula is C29H37N3OS. The number of thiophene rings is 1. The van der Waals surface area contributed by atoms with Gasteiger partial charge in [0.05, 0.1) is 0 Å². The van der Waals surface area contributed by atoms with E-state index in [1.54, 1.807) is 11.3 Å². The van der Waals surface area contributed by atoms with Crippen LogP contribution in [-0.4, -0.2) is 17.6 Å². The van der Waals surface area contributed by atoms with Gasteiger partial charge in [0.1, 0.15) is 0 Å². The van der Waals surface area contributed by atoms with Crippen LogP contribution >= 0.6 is 11.3 Å². The number of aryl methyl sites for hydroxylation is 2.